The third-order valence-corrected chi connectivity index (χ3v) is 5.80. The number of hydrogen-bond acceptors (Lipinski definition) is 5. The molecule has 0 bridgehead atoms. The van der Waals surface area contributed by atoms with Crippen LogP contribution in [-0.4, -0.2) is 53.4 Å². The number of allylic oxidation sites excluding steroid dienone is 1. The van der Waals surface area contributed by atoms with E-state index in [4.69, 9.17) is 4.98 Å². The minimum absolute atomic E-state index is 0.170. The number of ketones is 1. The fourth-order valence-electron chi connectivity index (χ4n) is 4.14. The molecule has 146 valence electrons. The summed E-state index contributed by atoms with van der Waals surface area (Å²) in [6.45, 7) is 9.19. The number of nitrogens with zero attached hydrogens (tertiary/aromatic N) is 4. The Bertz CT molecular complexity index is 870. The smallest absolute Gasteiger partial charge is 0.225 e. The van der Waals surface area contributed by atoms with Crippen molar-refractivity contribution in [3.05, 3.63) is 58.9 Å². The van der Waals surface area contributed by atoms with E-state index in [9.17, 15) is 4.79 Å². The summed E-state index contributed by atoms with van der Waals surface area (Å²) in [6, 6.07) is 10.2. The number of likely N-dealkylation sites (N-methyl/N-ethyl adjacent to an activating group) is 1. The van der Waals surface area contributed by atoms with Crippen molar-refractivity contribution in [2.45, 2.75) is 26.7 Å². The highest BCUT2D eigenvalue weighted by Gasteiger charge is 2.29. The highest BCUT2D eigenvalue weighted by atomic mass is 16.1. The summed E-state index contributed by atoms with van der Waals surface area (Å²) in [6.07, 6.45) is 5.61. The number of carbonyl (C=O) groups excluding carboxylic acids is 1. The Morgan fingerprint density at radius 1 is 1.07 bits per heavy atom. The van der Waals surface area contributed by atoms with Gasteiger partial charge in [0.05, 0.1) is 17.0 Å². The summed E-state index contributed by atoms with van der Waals surface area (Å²) in [5, 5.41) is 0. The molecule has 1 aliphatic heterocycles. The first-order valence-corrected chi connectivity index (χ1v) is 10.3. The number of aromatic nitrogens is 2. The summed E-state index contributed by atoms with van der Waals surface area (Å²) in [7, 11) is 0. The monoisotopic (exact) mass is 376 g/mol. The number of rotatable bonds is 4. The van der Waals surface area contributed by atoms with E-state index < -0.39 is 0 Å². The number of piperazine rings is 1. The molecule has 1 fully saturated rings. The van der Waals surface area contributed by atoms with Crippen LogP contribution in [0.25, 0.3) is 6.08 Å². The van der Waals surface area contributed by atoms with Crippen LogP contribution in [0, 0.1) is 12.8 Å². The van der Waals surface area contributed by atoms with Gasteiger partial charge in [-0.3, -0.25) is 4.79 Å². The maximum Gasteiger partial charge on any atom is 0.225 e. The van der Waals surface area contributed by atoms with Crippen molar-refractivity contribution in [1.29, 1.82) is 0 Å². The summed E-state index contributed by atoms with van der Waals surface area (Å²) in [5.41, 5.74) is 3.65. The Morgan fingerprint density at radius 2 is 1.82 bits per heavy atom. The van der Waals surface area contributed by atoms with E-state index in [1.165, 1.54) is 0 Å². The minimum Gasteiger partial charge on any atom is -0.338 e. The summed E-state index contributed by atoms with van der Waals surface area (Å²) < 4.78 is 0. The largest absolute Gasteiger partial charge is 0.338 e. The molecule has 1 aromatic carbocycles. The van der Waals surface area contributed by atoms with Gasteiger partial charge in [-0.05, 0) is 31.4 Å². The van der Waals surface area contributed by atoms with Crippen LogP contribution in [-0.2, 0) is 6.42 Å². The van der Waals surface area contributed by atoms with E-state index in [0.29, 0.717) is 6.42 Å². The highest BCUT2D eigenvalue weighted by molar-refractivity contribution is 5.99. The average Bonchev–Trinajstić information content (AvgIpc) is 2.72. The molecule has 2 heterocycles. The highest BCUT2D eigenvalue weighted by Crippen LogP contribution is 2.29. The molecule has 1 atom stereocenters. The molecular weight excluding hydrogens is 348 g/mol. The van der Waals surface area contributed by atoms with Crippen LogP contribution in [0.1, 0.15) is 40.7 Å². The second-order valence-electron chi connectivity index (χ2n) is 7.71. The molecule has 5 nitrogen and oxygen atoms in total. The molecule has 1 aliphatic carbocycles. The van der Waals surface area contributed by atoms with Gasteiger partial charge in [0.25, 0.3) is 0 Å². The molecule has 0 radical (unpaired) electrons. The Balaban J connectivity index is 1.54. The second-order valence-corrected chi connectivity index (χ2v) is 7.71. The number of anilines is 1. The molecule has 1 saturated heterocycles. The number of fused-ring (bicyclic) bond motifs is 1. The van der Waals surface area contributed by atoms with Crippen LogP contribution in [0.4, 0.5) is 5.95 Å². The fourth-order valence-corrected chi connectivity index (χ4v) is 4.14. The van der Waals surface area contributed by atoms with E-state index in [-0.39, 0.29) is 11.7 Å². The Hall–Kier alpha value is -2.53. The summed E-state index contributed by atoms with van der Waals surface area (Å²) in [5.74, 6) is 1.15. The van der Waals surface area contributed by atoms with Gasteiger partial charge in [0.2, 0.25) is 5.95 Å². The van der Waals surface area contributed by atoms with E-state index in [2.05, 4.69) is 46.0 Å². The number of aryl methyl sites for hydroxylation is 1. The fraction of sp³-hybridized carbons (Fsp3) is 0.435. The lowest BCUT2D eigenvalue weighted by Gasteiger charge is -2.34. The average molecular weight is 377 g/mol. The van der Waals surface area contributed by atoms with Crippen LogP contribution in [0.15, 0.2) is 36.4 Å². The first kappa shape index (κ1) is 18.8. The lowest BCUT2D eigenvalue weighted by atomic mass is 9.85. The SMILES string of the molecule is CCN1CCN(c2nc(C)c3c(n2)CC(/C=C/c2ccccc2)CC3=O)CC1. The maximum absolute atomic E-state index is 12.8. The Labute approximate surface area is 167 Å². The molecule has 0 saturated carbocycles. The topological polar surface area (TPSA) is 49.3 Å². The zero-order valence-corrected chi connectivity index (χ0v) is 16.8. The number of benzene rings is 1. The zero-order chi connectivity index (χ0) is 19.5. The molecule has 1 aromatic heterocycles. The van der Waals surface area contributed by atoms with Gasteiger partial charge in [-0.1, -0.05) is 49.4 Å². The lowest BCUT2D eigenvalue weighted by molar-refractivity contribution is 0.0956. The van der Waals surface area contributed by atoms with Crippen molar-refractivity contribution in [3.63, 3.8) is 0 Å². The Kier molecular flexibility index (Phi) is 5.53. The van der Waals surface area contributed by atoms with Gasteiger partial charge in [0.1, 0.15) is 0 Å². The van der Waals surface area contributed by atoms with Crippen molar-refractivity contribution in [3.8, 4) is 0 Å². The molecule has 0 spiro atoms. The normalized spacial score (nSPS) is 20.6. The first-order chi connectivity index (χ1) is 13.6. The molecule has 4 rings (SSSR count). The van der Waals surface area contributed by atoms with Gasteiger partial charge in [0, 0.05) is 32.6 Å². The second kappa shape index (κ2) is 8.23. The molecule has 0 N–H and O–H groups in total. The molecule has 2 aromatic rings. The van der Waals surface area contributed by atoms with Gasteiger partial charge in [-0.25, -0.2) is 9.97 Å². The number of Topliss-reactive ketones (excluding diaryl/α,β-unsaturated/α-hetero) is 1. The van der Waals surface area contributed by atoms with Gasteiger partial charge in [-0.15, -0.1) is 0 Å². The quantitative estimate of drug-likeness (QED) is 0.819. The van der Waals surface area contributed by atoms with Gasteiger partial charge in [-0.2, -0.15) is 0 Å². The van der Waals surface area contributed by atoms with Gasteiger partial charge >= 0.3 is 0 Å². The van der Waals surface area contributed by atoms with Crippen LogP contribution in [0.2, 0.25) is 0 Å². The standard InChI is InChI=1S/C23H28N4O/c1-3-26-11-13-27(14-12-26)23-24-17(2)22-20(25-23)15-19(16-21(22)28)10-9-18-7-5-4-6-8-18/h4-10,19H,3,11-16H2,1-2H3/b10-9+. The Morgan fingerprint density at radius 3 is 2.54 bits per heavy atom. The molecule has 2 aliphatic rings. The van der Waals surface area contributed by atoms with Crippen molar-refractivity contribution in [1.82, 2.24) is 14.9 Å². The van der Waals surface area contributed by atoms with Crippen LogP contribution in [0.3, 0.4) is 0 Å². The van der Waals surface area contributed by atoms with Crippen molar-refractivity contribution in [2.24, 2.45) is 5.92 Å². The van der Waals surface area contributed by atoms with Gasteiger partial charge < -0.3 is 9.80 Å². The zero-order valence-electron chi connectivity index (χ0n) is 16.8. The third kappa shape index (κ3) is 3.99. The van der Waals surface area contributed by atoms with Crippen molar-refractivity contribution < 1.29 is 4.79 Å². The summed E-state index contributed by atoms with van der Waals surface area (Å²) in [4.78, 5) is 27.0. The molecule has 0 amide bonds. The van der Waals surface area contributed by atoms with E-state index in [1.54, 1.807) is 0 Å². The van der Waals surface area contributed by atoms with E-state index >= 15 is 0 Å². The minimum atomic E-state index is 0.170. The maximum atomic E-state index is 12.8. The molecule has 1 unspecified atom stereocenters. The predicted molar refractivity (Wildman–Crippen MR) is 113 cm³/mol. The predicted octanol–water partition coefficient (Wildman–Crippen LogP) is 3.39. The van der Waals surface area contributed by atoms with Crippen LogP contribution >= 0.6 is 0 Å². The summed E-state index contributed by atoms with van der Waals surface area (Å²) >= 11 is 0. The van der Waals surface area contributed by atoms with E-state index in [0.717, 1.165) is 67.6 Å². The van der Waals surface area contributed by atoms with E-state index in [1.807, 2.05) is 25.1 Å². The molecule has 5 heteroatoms. The van der Waals surface area contributed by atoms with Gasteiger partial charge in [0.15, 0.2) is 5.78 Å². The van der Waals surface area contributed by atoms with Crippen LogP contribution < -0.4 is 4.90 Å². The molecule has 28 heavy (non-hydrogen) atoms. The van der Waals surface area contributed by atoms with Crippen LogP contribution in [0.5, 0.6) is 0 Å². The van der Waals surface area contributed by atoms with Crippen molar-refractivity contribution >= 4 is 17.8 Å². The third-order valence-electron chi connectivity index (χ3n) is 5.80. The number of hydrogen-bond donors (Lipinski definition) is 0. The van der Waals surface area contributed by atoms with Crippen molar-refractivity contribution in [2.75, 3.05) is 37.6 Å². The first-order valence-electron chi connectivity index (χ1n) is 10.3. The molecular formula is C23H28N4O. The number of carbonyl (C=O) groups is 1. The lowest BCUT2D eigenvalue weighted by Crippen LogP contribution is -2.47.